The number of aromatic nitrogens is 2. The first-order valence-electron chi connectivity index (χ1n) is 15.0. The Labute approximate surface area is 260 Å². The number of fused-ring (bicyclic) bond motifs is 1. The minimum atomic E-state index is -0.674. The molecule has 0 amide bonds. The number of hydrogen-bond donors (Lipinski definition) is 0. The second-order valence-electron chi connectivity index (χ2n) is 11.4. The molecular formula is C35H33Cl2FN2O3. The van der Waals surface area contributed by atoms with Gasteiger partial charge in [0.05, 0.1) is 12.8 Å². The van der Waals surface area contributed by atoms with Gasteiger partial charge in [0.2, 0.25) is 5.89 Å². The van der Waals surface area contributed by atoms with Crippen molar-refractivity contribution in [1.82, 2.24) is 9.97 Å². The van der Waals surface area contributed by atoms with Crippen LogP contribution in [0, 0.1) is 5.92 Å². The minimum absolute atomic E-state index is 0.197. The van der Waals surface area contributed by atoms with Crippen molar-refractivity contribution >= 4 is 34.3 Å². The monoisotopic (exact) mass is 618 g/mol. The van der Waals surface area contributed by atoms with E-state index in [1.165, 1.54) is 6.33 Å². The fraction of sp³-hybridized carbons (Fsp3) is 0.343. The van der Waals surface area contributed by atoms with E-state index in [1.807, 2.05) is 30.3 Å². The van der Waals surface area contributed by atoms with E-state index in [0.29, 0.717) is 22.4 Å². The van der Waals surface area contributed by atoms with E-state index >= 15 is 0 Å². The van der Waals surface area contributed by atoms with E-state index in [4.69, 9.17) is 32.4 Å². The largest absolute Gasteiger partial charge is 0.490 e. The summed E-state index contributed by atoms with van der Waals surface area (Å²) in [7, 11) is 0. The molecule has 5 nitrogen and oxygen atoms in total. The molecule has 0 bridgehead atoms. The molecule has 1 heterocycles. The van der Waals surface area contributed by atoms with Gasteiger partial charge in [0.1, 0.15) is 12.1 Å². The lowest BCUT2D eigenvalue weighted by molar-refractivity contribution is 0.203. The van der Waals surface area contributed by atoms with Crippen LogP contribution in [-0.4, -0.2) is 22.7 Å². The number of alkyl halides is 1. The number of nitrogens with zero attached hydrogens (tertiary/aromatic N) is 2. The zero-order chi connectivity index (χ0) is 29.8. The van der Waals surface area contributed by atoms with Crippen molar-refractivity contribution in [3.05, 3.63) is 110 Å². The fourth-order valence-electron chi connectivity index (χ4n) is 6.47. The maximum Gasteiger partial charge on any atom is 0.441 e. The van der Waals surface area contributed by atoms with Crippen molar-refractivity contribution in [1.29, 1.82) is 0 Å². The van der Waals surface area contributed by atoms with Gasteiger partial charge in [0.25, 0.3) is 0 Å². The third kappa shape index (κ3) is 6.86. The lowest BCUT2D eigenvalue weighted by Gasteiger charge is -2.19. The maximum atomic E-state index is 12.5. The molecule has 0 radical (unpaired) electrons. The summed E-state index contributed by atoms with van der Waals surface area (Å²) in [5.41, 5.74) is 7.25. The summed E-state index contributed by atoms with van der Waals surface area (Å²) < 4.78 is 24.2. The summed E-state index contributed by atoms with van der Waals surface area (Å²) >= 11 is 13.0. The van der Waals surface area contributed by atoms with Crippen LogP contribution in [0.15, 0.2) is 76.2 Å². The lowest BCUT2D eigenvalue weighted by atomic mass is 9.87. The summed E-state index contributed by atoms with van der Waals surface area (Å²) in [5.74, 6) is 1.05. The average molecular weight is 620 g/mol. The van der Waals surface area contributed by atoms with Gasteiger partial charge < -0.3 is 9.15 Å². The predicted octanol–water partition coefficient (Wildman–Crippen LogP) is 9.39. The standard InChI is InChI=1S/C35H33Cl2FN2O3/c36-26-11-16-30(32(37)20-26)31-6-3-5-24-19-25(34-39-21-40-35(41)43-34)10-15-29(24)33(31)23-8-13-27(14-9-23)42-28-12-7-22(18-28)4-1-2-17-38/h8-11,13-16,19-22,28H,1-7,12,17-18H2. The van der Waals surface area contributed by atoms with Gasteiger partial charge >= 0.3 is 5.76 Å². The zero-order valence-corrected chi connectivity index (χ0v) is 25.3. The van der Waals surface area contributed by atoms with E-state index in [0.717, 1.165) is 96.1 Å². The van der Waals surface area contributed by atoms with Crippen LogP contribution in [0.5, 0.6) is 5.75 Å². The number of rotatable bonds is 9. The summed E-state index contributed by atoms with van der Waals surface area (Å²) in [4.78, 5) is 19.5. The van der Waals surface area contributed by atoms with Crippen molar-refractivity contribution in [2.75, 3.05) is 6.67 Å². The molecule has 0 aliphatic heterocycles. The van der Waals surface area contributed by atoms with Crippen LogP contribution in [-0.2, 0) is 6.42 Å². The molecule has 2 aliphatic rings. The molecule has 0 saturated heterocycles. The molecular weight excluding hydrogens is 586 g/mol. The number of hydrogen-bond acceptors (Lipinski definition) is 5. The molecule has 4 aromatic rings. The Morgan fingerprint density at radius 3 is 2.51 bits per heavy atom. The molecule has 222 valence electrons. The Morgan fingerprint density at radius 1 is 0.907 bits per heavy atom. The molecule has 43 heavy (non-hydrogen) atoms. The van der Waals surface area contributed by atoms with Gasteiger partial charge in [-0.2, -0.15) is 4.98 Å². The molecule has 6 rings (SSSR count). The molecule has 0 spiro atoms. The molecule has 0 N–H and O–H groups in total. The molecule has 2 aliphatic carbocycles. The van der Waals surface area contributed by atoms with E-state index in [-0.39, 0.29) is 18.7 Å². The molecule has 1 saturated carbocycles. The Hall–Kier alpha value is -3.48. The highest BCUT2D eigenvalue weighted by Crippen LogP contribution is 2.43. The van der Waals surface area contributed by atoms with E-state index in [1.54, 1.807) is 6.07 Å². The SMILES string of the molecule is O=c1ncnc(-c2ccc3c(c2)CCCC(c2ccc(Cl)cc2Cl)=C3c2ccc(OC3CCC(CCCCF)C3)cc2)o1. The summed E-state index contributed by atoms with van der Waals surface area (Å²) in [5, 5.41) is 1.21. The zero-order valence-electron chi connectivity index (χ0n) is 23.8. The molecule has 1 fully saturated rings. The summed E-state index contributed by atoms with van der Waals surface area (Å²) in [6.07, 6.45) is 9.90. The van der Waals surface area contributed by atoms with Gasteiger partial charge in [-0.1, -0.05) is 60.3 Å². The second kappa shape index (κ2) is 13.4. The van der Waals surface area contributed by atoms with Crippen molar-refractivity contribution in [3.63, 3.8) is 0 Å². The number of allylic oxidation sites excluding steroid dienone is 1. The first-order valence-corrected chi connectivity index (χ1v) is 15.7. The highest BCUT2D eigenvalue weighted by atomic mass is 35.5. The van der Waals surface area contributed by atoms with Crippen molar-refractivity contribution < 1.29 is 13.5 Å². The lowest BCUT2D eigenvalue weighted by Crippen LogP contribution is -2.12. The Kier molecular flexibility index (Phi) is 9.25. The van der Waals surface area contributed by atoms with Gasteiger partial charge in [-0.15, -0.1) is 0 Å². The second-order valence-corrected chi connectivity index (χ2v) is 12.2. The number of halogens is 3. The number of unbranched alkanes of at least 4 members (excludes halogenated alkanes) is 1. The van der Waals surface area contributed by atoms with Gasteiger partial charge in [-0.05, 0) is 121 Å². The molecule has 2 atom stereocenters. The van der Waals surface area contributed by atoms with Crippen LogP contribution in [0.1, 0.15) is 73.6 Å². The Bertz CT molecular complexity index is 1690. The molecule has 8 heteroatoms. The third-order valence-corrected chi connectivity index (χ3v) is 9.06. The smallest absolute Gasteiger partial charge is 0.441 e. The summed E-state index contributed by atoms with van der Waals surface area (Å²) in [6.45, 7) is -0.229. The quantitative estimate of drug-likeness (QED) is 0.175. The predicted molar refractivity (Wildman–Crippen MR) is 169 cm³/mol. The first kappa shape index (κ1) is 29.6. The van der Waals surface area contributed by atoms with E-state index in [9.17, 15) is 9.18 Å². The average Bonchev–Trinajstić information content (AvgIpc) is 3.36. The maximum absolute atomic E-state index is 12.5. The van der Waals surface area contributed by atoms with Crippen LogP contribution in [0.4, 0.5) is 4.39 Å². The first-order chi connectivity index (χ1) is 21.0. The highest BCUT2D eigenvalue weighted by molar-refractivity contribution is 6.36. The van der Waals surface area contributed by atoms with Crippen LogP contribution in [0.2, 0.25) is 10.0 Å². The van der Waals surface area contributed by atoms with Crippen molar-refractivity contribution in [2.45, 2.75) is 63.9 Å². The van der Waals surface area contributed by atoms with E-state index in [2.05, 4.69) is 34.2 Å². The van der Waals surface area contributed by atoms with Gasteiger partial charge in [-0.25, -0.2) is 9.78 Å². The molecule has 1 aromatic heterocycles. The van der Waals surface area contributed by atoms with Gasteiger partial charge in [-0.3, -0.25) is 4.39 Å². The van der Waals surface area contributed by atoms with Crippen LogP contribution < -0.4 is 10.5 Å². The normalized spacial score (nSPS) is 18.4. The third-order valence-electron chi connectivity index (χ3n) is 8.51. The minimum Gasteiger partial charge on any atom is -0.490 e. The van der Waals surface area contributed by atoms with Gasteiger partial charge in [0.15, 0.2) is 0 Å². The van der Waals surface area contributed by atoms with Crippen molar-refractivity contribution in [2.24, 2.45) is 5.92 Å². The number of benzene rings is 3. The topological polar surface area (TPSA) is 65.2 Å². The Morgan fingerprint density at radius 2 is 1.72 bits per heavy atom. The number of aryl methyl sites for hydroxylation is 1. The number of ether oxygens (including phenoxy) is 1. The van der Waals surface area contributed by atoms with Crippen molar-refractivity contribution in [3.8, 4) is 17.2 Å². The Balaban J connectivity index is 1.35. The molecule has 3 aromatic carbocycles. The molecule has 2 unspecified atom stereocenters. The summed E-state index contributed by atoms with van der Waals surface area (Å²) in [6, 6.07) is 20.1. The highest BCUT2D eigenvalue weighted by Gasteiger charge is 2.26. The fourth-order valence-corrected chi connectivity index (χ4v) is 6.99. The van der Waals surface area contributed by atoms with Crippen LogP contribution >= 0.6 is 23.2 Å². The van der Waals surface area contributed by atoms with Crippen LogP contribution in [0.3, 0.4) is 0 Å². The van der Waals surface area contributed by atoms with E-state index < -0.39 is 5.76 Å². The van der Waals surface area contributed by atoms with Gasteiger partial charge in [0, 0.05) is 15.6 Å². The van der Waals surface area contributed by atoms with Crippen LogP contribution in [0.25, 0.3) is 22.6 Å².